The van der Waals surface area contributed by atoms with Crippen LogP contribution in [0.15, 0.2) is 170 Å². The maximum atomic E-state index is 2.47. The van der Waals surface area contributed by atoms with Gasteiger partial charge >= 0.3 is 0 Å². The lowest BCUT2D eigenvalue weighted by Crippen LogP contribution is -2.26. The van der Waals surface area contributed by atoms with Crippen LogP contribution in [0, 0.1) is 0 Å². The van der Waals surface area contributed by atoms with Crippen LogP contribution in [-0.2, 0) is 5.41 Å². The molecule has 0 heteroatoms. The van der Waals surface area contributed by atoms with Crippen LogP contribution in [0.25, 0.3) is 86.9 Å². The fraction of sp³-hybridized carbons (Fsp3) is 0.0204. The highest BCUT2D eigenvalue weighted by Crippen LogP contribution is 2.63. The van der Waals surface area contributed by atoms with Crippen LogP contribution in [0.3, 0.4) is 0 Å². The molecule has 49 heavy (non-hydrogen) atoms. The molecule has 0 heterocycles. The Bertz CT molecular complexity index is 2990. The number of hydrogen-bond donors (Lipinski definition) is 0. The molecule has 0 bridgehead atoms. The maximum absolute atomic E-state index is 2.47. The van der Waals surface area contributed by atoms with Gasteiger partial charge in [-0.15, -0.1) is 0 Å². The second-order valence-corrected chi connectivity index (χ2v) is 13.9. The smallest absolute Gasteiger partial charge is 0.0619 e. The van der Waals surface area contributed by atoms with Crippen molar-refractivity contribution in [2.24, 2.45) is 0 Å². The van der Waals surface area contributed by atoms with E-state index in [0.717, 1.165) is 0 Å². The summed E-state index contributed by atoms with van der Waals surface area (Å²) in [6, 6.07) is 64.1. The molecule has 2 aliphatic carbocycles. The molecule has 0 aromatic heterocycles. The van der Waals surface area contributed by atoms with Crippen molar-refractivity contribution in [3.8, 4) is 22.3 Å². The molecule has 2 aliphatic rings. The lowest BCUT2D eigenvalue weighted by atomic mass is 9.70. The maximum Gasteiger partial charge on any atom is 0.0725 e. The summed E-state index contributed by atoms with van der Waals surface area (Å²) in [7, 11) is 0. The fourth-order valence-electron chi connectivity index (χ4n) is 9.95. The highest BCUT2D eigenvalue weighted by Gasteiger charge is 2.50. The zero-order chi connectivity index (χ0) is 31.8. The van der Waals surface area contributed by atoms with Crippen molar-refractivity contribution in [2.45, 2.75) is 5.41 Å². The average molecular weight is 617 g/mol. The molecule has 0 nitrogen and oxygen atoms in total. The zero-order valence-electron chi connectivity index (χ0n) is 26.7. The molecule has 0 amide bonds. The summed E-state index contributed by atoms with van der Waals surface area (Å²) in [5.74, 6) is 0. The number of fused-ring (bicyclic) bond motifs is 16. The van der Waals surface area contributed by atoms with E-state index in [2.05, 4.69) is 170 Å². The van der Waals surface area contributed by atoms with Crippen LogP contribution in [0.2, 0.25) is 0 Å². The molecular formula is C49H28. The highest BCUT2D eigenvalue weighted by atomic mass is 14.5. The molecule has 10 aromatic rings. The molecule has 0 aliphatic heterocycles. The third-order valence-electron chi connectivity index (χ3n) is 11.8. The predicted octanol–water partition coefficient (Wildman–Crippen LogP) is 12.9. The first-order valence-corrected chi connectivity index (χ1v) is 17.3. The molecule has 0 unspecified atom stereocenters. The summed E-state index contributed by atoms with van der Waals surface area (Å²) in [4.78, 5) is 0. The summed E-state index contributed by atoms with van der Waals surface area (Å²) in [6.45, 7) is 0. The Kier molecular flexibility index (Phi) is 4.74. The Morgan fingerprint density at radius 2 is 0.653 bits per heavy atom. The Morgan fingerprint density at radius 3 is 1.27 bits per heavy atom. The summed E-state index contributed by atoms with van der Waals surface area (Å²) in [5.41, 5.74) is 10.4. The normalized spacial score (nSPS) is 13.9. The van der Waals surface area contributed by atoms with Gasteiger partial charge in [-0.25, -0.2) is 0 Å². The number of hydrogen-bond acceptors (Lipinski definition) is 0. The van der Waals surface area contributed by atoms with Gasteiger partial charge in [-0.3, -0.25) is 0 Å². The molecule has 224 valence electrons. The minimum absolute atomic E-state index is 0.359. The van der Waals surface area contributed by atoms with Crippen LogP contribution >= 0.6 is 0 Å². The second kappa shape index (κ2) is 9.01. The second-order valence-electron chi connectivity index (χ2n) is 13.9. The van der Waals surface area contributed by atoms with Crippen LogP contribution in [0.1, 0.15) is 22.3 Å². The van der Waals surface area contributed by atoms with E-state index in [1.54, 1.807) is 0 Å². The van der Waals surface area contributed by atoms with E-state index in [1.165, 1.54) is 109 Å². The van der Waals surface area contributed by atoms with Crippen LogP contribution in [-0.4, -0.2) is 0 Å². The molecule has 10 aromatic carbocycles. The van der Waals surface area contributed by atoms with Gasteiger partial charge in [0.15, 0.2) is 0 Å². The first-order chi connectivity index (χ1) is 24.3. The molecule has 0 saturated carbocycles. The molecule has 0 N–H and O–H groups in total. The molecule has 1 spiro atoms. The minimum atomic E-state index is -0.359. The average Bonchev–Trinajstić information content (AvgIpc) is 3.65. The Labute approximate surface area is 283 Å². The Hall–Kier alpha value is -6.24. The van der Waals surface area contributed by atoms with Crippen molar-refractivity contribution in [2.75, 3.05) is 0 Å². The summed E-state index contributed by atoms with van der Waals surface area (Å²) in [6.07, 6.45) is 0. The predicted molar refractivity (Wildman–Crippen MR) is 208 cm³/mol. The molecule has 12 rings (SSSR count). The Morgan fingerprint density at radius 1 is 0.245 bits per heavy atom. The van der Waals surface area contributed by atoms with Crippen molar-refractivity contribution in [3.05, 3.63) is 192 Å². The Balaban J connectivity index is 1.15. The van der Waals surface area contributed by atoms with E-state index >= 15 is 0 Å². The first kappa shape index (κ1) is 25.8. The van der Waals surface area contributed by atoms with Crippen molar-refractivity contribution in [1.82, 2.24) is 0 Å². The third kappa shape index (κ3) is 3.02. The van der Waals surface area contributed by atoms with Gasteiger partial charge in [0.1, 0.15) is 0 Å². The number of benzene rings is 10. The van der Waals surface area contributed by atoms with Crippen molar-refractivity contribution in [1.29, 1.82) is 0 Å². The zero-order valence-corrected chi connectivity index (χ0v) is 26.7. The van der Waals surface area contributed by atoms with Crippen molar-refractivity contribution in [3.63, 3.8) is 0 Å². The molecule has 0 fully saturated rings. The van der Waals surface area contributed by atoms with Gasteiger partial charge in [-0.05, 0) is 121 Å². The minimum Gasteiger partial charge on any atom is -0.0619 e. The van der Waals surface area contributed by atoms with Gasteiger partial charge < -0.3 is 0 Å². The third-order valence-corrected chi connectivity index (χ3v) is 11.8. The van der Waals surface area contributed by atoms with E-state index in [1.807, 2.05) is 0 Å². The lowest BCUT2D eigenvalue weighted by Gasteiger charge is -2.31. The SMILES string of the molecule is c1ccc2c(c1)-c1cc(-c3ccc4c5ccccc5c5ccccc5c4c3)ccc1C21c2cccc3c4ccccc4c4cccc1c4c23. The van der Waals surface area contributed by atoms with Gasteiger partial charge in [0.05, 0.1) is 5.41 Å². The largest absolute Gasteiger partial charge is 0.0725 e. The first-order valence-electron chi connectivity index (χ1n) is 17.3. The number of rotatable bonds is 1. The van der Waals surface area contributed by atoms with E-state index < -0.39 is 0 Å². The van der Waals surface area contributed by atoms with E-state index in [0.29, 0.717) is 0 Å². The standard InChI is InChI=1S/C49H28/c1-2-13-33-31(11-1)32-12-3-6-16-36(32)41-27-29(23-25-37(33)41)30-24-26-44-42(28-30)38-17-7-8-20-43(38)49(44)45-21-9-18-39-34-14-4-5-15-35(34)40-19-10-22-46(49)48(40)47(39)45/h1-28H. The van der Waals surface area contributed by atoms with Gasteiger partial charge in [0.25, 0.3) is 0 Å². The summed E-state index contributed by atoms with van der Waals surface area (Å²) in [5, 5.41) is 16.0. The van der Waals surface area contributed by atoms with Gasteiger partial charge in [0.2, 0.25) is 0 Å². The lowest BCUT2D eigenvalue weighted by molar-refractivity contribution is 0.797. The van der Waals surface area contributed by atoms with Crippen LogP contribution < -0.4 is 0 Å². The van der Waals surface area contributed by atoms with Crippen molar-refractivity contribution >= 4 is 64.6 Å². The quantitative estimate of drug-likeness (QED) is 0.161. The summed E-state index contributed by atoms with van der Waals surface area (Å²) < 4.78 is 0. The monoisotopic (exact) mass is 616 g/mol. The molecule has 0 atom stereocenters. The molecular weight excluding hydrogens is 589 g/mol. The van der Waals surface area contributed by atoms with Gasteiger partial charge in [0, 0.05) is 0 Å². The van der Waals surface area contributed by atoms with Crippen molar-refractivity contribution < 1.29 is 0 Å². The summed E-state index contributed by atoms with van der Waals surface area (Å²) >= 11 is 0. The van der Waals surface area contributed by atoms with Crippen LogP contribution in [0.4, 0.5) is 0 Å². The fourth-order valence-corrected chi connectivity index (χ4v) is 9.95. The van der Waals surface area contributed by atoms with E-state index in [4.69, 9.17) is 0 Å². The molecule has 0 radical (unpaired) electrons. The van der Waals surface area contributed by atoms with E-state index in [-0.39, 0.29) is 5.41 Å². The van der Waals surface area contributed by atoms with Gasteiger partial charge in [-0.1, -0.05) is 158 Å². The highest BCUT2D eigenvalue weighted by molar-refractivity contribution is 6.30. The topological polar surface area (TPSA) is 0 Å². The molecule has 0 saturated heterocycles. The van der Waals surface area contributed by atoms with Crippen LogP contribution in [0.5, 0.6) is 0 Å². The van der Waals surface area contributed by atoms with Gasteiger partial charge in [-0.2, -0.15) is 0 Å². The van der Waals surface area contributed by atoms with E-state index in [9.17, 15) is 0 Å².